The van der Waals surface area contributed by atoms with Gasteiger partial charge in [0.25, 0.3) is 0 Å². The van der Waals surface area contributed by atoms with Crippen LogP contribution in [-0.2, 0) is 9.53 Å². The number of esters is 1. The zero-order chi connectivity index (χ0) is 14.6. The number of carbonyl (C=O) groups excluding carboxylic acids is 1. The summed E-state index contributed by atoms with van der Waals surface area (Å²) in [6.45, 7) is -0.556. The fourth-order valence-electron chi connectivity index (χ4n) is 1.26. The van der Waals surface area contributed by atoms with Crippen molar-refractivity contribution in [3.8, 4) is 5.75 Å². The highest BCUT2D eigenvalue weighted by Crippen LogP contribution is 2.26. The van der Waals surface area contributed by atoms with Crippen LogP contribution in [0, 0.1) is 23.3 Å². The number of hydrogen-bond acceptors (Lipinski definition) is 4. The fourth-order valence-corrected chi connectivity index (χ4v) is 1.26. The summed E-state index contributed by atoms with van der Waals surface area (Å²) in [5, 5.41) is 2.46. The first-order valence-electron chi connectivity index (χ1n) is 5.13. The van der Waals surface area contributed by atoms with Gasteiger partial charge in [0.1, 0.15) is 12.6 Å². The molecule has 0 aromatic heterocycles. The molecule has 1 rings (SSSR count). The number of ether oxygens (including phenoxy) is 2. The van der Waals surface area contributed by atoms with Crippen LogP contribution in [-0.4, -0.2) is 32.8 Å². The molecule has 0 saturated heterocycles. The van der Waals surface area contributed by atoms with E-state index >= 15 is 0 Å². The number of likely N-dealkylation sites (N-methyl/N-ethyl adjacent to an activating group) is 1. The van der Waals surface area contributed by atoms with Crippen LogP contribution in [0.15, 0.2) is 6.07 Å². The molecule has 1 atom stereocenters. The molecule has 1 aromatic carbocycles. The summed E-state index contributed by atoms with van der Waals surface area (Å²) in [6, 6.07) is -0.969. The molecule has 19 heavy (non-hydrogen) atoms. The normalized spacial score (nSPS) is 12.1. The van der Waals surface area contributed by atoms with Gasteiger partial charge in [-0.1, -0.05) is 0 Å². The maximum absolute atomic E-state index is 13.2. The van der Waals surface area contributed by atoms with Gasteiger partial charge in [0.2, 0.25) is 11.6 Å². The maximum atomic E-state index is 13.2. The third-order valence-corrected chi connectivity index (χ3v) is 2.30. The predicted molar refractivity (Wildman–Crippen MR) is 56.6 cm³/mol. The molecule has 0 aliphatic carbocycles. The van der Waals surface area contributed by atoms with Crippen molar-refractivity contribution in [1.82, 2.24) is 5.32 Å². The zero-order valence-electron chi connectivity index (χ0n) is 10.1. The van der Waals surface area contributed by atoms with Crippen LogP contribution in [0.5, 0.6) is 5.75 Å². The Morgan fingerprint density at radius 1 is 1.26 bits per heavy atom. The van der Waals surface area contributed by atoms with E-state index in [1.165, 1.54) is 7.05 Å². The van der Waals surface area contributed by atoms with Gasteiger partial charge >= 0.3 is 5.97 Å². The Morgan fingerprint density at radius 3 is 2.21 bits per heavy atom. The lowest BCUT2D eigenvalue weighted by atomic mass is 10.3. The Kier molecular flexibility index (Phi) is 5.11. The van der Waals surface area contributed by atoms with Crippen LogP contribution in [0.4, 0.5) is 17.6 Å². The largest absolute Gasteiger partial charge is 0.485 e. The molecule has 0 radical (unpaired) electrons. The van der Waals surface area contributed by atoms with E-state index < -0.39 is 47.6 Å². The molecular weight excluding hydrogens is 270 g/mol. The van der Waals surface area contributed by atoms with Crippen molar-refractivity contribution >= 4 is 5.97 Å². The fraction of sp³-hybridized carbons (Fsp3) is 0.364. The van der Waals surface area contributed by atoms with Crippen molar-refractivity contribution < 1.29 is 31.8 Å². The van der Waals surface area contributed by atoms with Gasteiger partial charge in [-0.15, -0.1) is 0 Å². The first kappa shape index (κ1) is 15.2. The second kappa shape index (κ2) is 6.37. The van der Waals surface area contributed by atoms with Gasteiger partial charge in [-0.25, -0.2) is 8.78 Å². The van der Waals surface area contributed by atoms with Gasteiger partial charge in [0.05, 0.1) is 7.11 Å². The van der Waals surface area contributed by atoms with E-state index in [0.29, 0.717) is 0 Å². The molecule has 0 spiro atoms. The lowest BCUT2D eigenvalue weighted by molar-refractivity contribution is -0.143. The molecule has 1 aromatic rings. The number of carbonyl (C=O) groups is 1. The second-order valence-electron chi connectivity index (χ2n) is 3.47. The van der Waals surface area contributed by atoms with Crippen LogP contribution < -0.4 is 10.1 Å². The van der Waals surface area contributed by atoms with Crippen molar-refractivity contribution in [3.05, 3.63) is 29.3 Å². The minimum Gasteiger partial charge on any atom is -0.485 e. The van der Waals surface area contributed by atoms with Gasteiger partial charge in [-0.3, -0.25) is 4.79 Å². The summed E-state index contributed by atoms with van der Waals surface area (Å²) in [7, 11) is 2.49. The number of nitrogens with one attached hydrogen (secondary N) is 1. The summed E-state index contributed by atoms with van der Waals surface area (Å²) in [5.74, 6) is -8.49. The smallest absolute Gasteiger partial charge is 0.326 e. The first-order valence-corrected chi connectivity index (χ1v) is 5.13. The van der Waals surface area contributed by atoms with E-state index in [-0.39, 0.29) is 6.07 Å². The van der Waals surface area contributed by atoms with Crippen molar-refractivity contribution in [3.63, 3.8) is 0 Å². The summed E-state index contributed by atoms with van der Waals surface area (Å²) in [5.41, 5.74) is 0. The molecular formula is C11H11F4NO3. The molecule has 4 nitrogen and oxygen atoms in total. The molecule has 8 heteroatoms. The molecule has 1 unspecified atom stereocenters. The molecule has 0 bridgehead atoms. The van der Waals surface area contributed by atoms with Crippen molar-refractivity contribution in [2.24, 2.45) is 0 Å². The van der Waals surface area contributed by atoms with E-state index in [1.807, 2.05) is 0 Å². The van der Waals surface area contributed by atoms with Crippen molar-refractivity contribution in [1.29, 1.82) is 0 Å². The minimum atomic E-state index is -1.67. The van der Waals surface area contributed by atoms with Gasteiger partial charge in [-0.05, 0) is 7.05 Å². The van der Waals surface area contributed by atoms with Gasteiger partial charge in [-0.2, -0.15) is 8.78 Å². The molecule has 106 valence electrons. The summed E-state index contributed by atoms with van der Waals surface area (Å²) >= 11 is 0. The molecule has 0 aliphatic heterocycles. The van der Waals surface area contributed by atoms with E-state index in [9.17, 15) is 22.4 Å². The van der Waals surface area contributed by atoms with Crippen LogP contribution in [0.25, 0.3) is 0 Å². The third kappa shape index (κ3) is 3.34. The molecule has 0 amide bonds. The lowest BCUT2D eigenvalue weighted by Crippen LogP contribution is -2.40. The standard InChI is InChI=1S/C11H11F4NO3/c1-16-7(11(17)18-2)4-19-10-8(14)5(12)3-6(13)9(10)15/h3,7,16H,4H2,1-2H3. The number of benzene rings is 1. The SMILES string of the molecule is CNC(COc1c(F)c(F)cc(F)c1F)C(=O)OC. The van der Waals surface area contributed by atoms with E-state index in [4.69, 9.17) is 0 Å². The maximum Gasteiger partial charge on any atom is 0.326 e. The van der Waals surface area contributed by atoms with Crippen molar-refractivity contribution in [2.75, 3.05) is 20.8 Å². The number of rotatable bonds is 5. The van der Waals surface area contributed by atoms with Crippen LogP contribution in [0.3, 0.4) is 0 Å². The highest BCUT2D eigenvalue weighted by atomic mass is 19.2. The monoisotopic (exact) mass is 281 g/mol. The molecule has 0 fully saturated rings. The van der Waals surface area contributed by atoms with Gasteiger partial charge in [0, 0.05) is 6.07 Å². The minimum absolute atomic E-state index is 0.0629. The second-order valence-corrected chi connectivity index (χ2v) is 3.47. The predicted octanol–water partition coefficient (Wildman–Crippen LogP) is 1.38. The highest BCUT2D eigenvalue weighted by molar-refractivity contribution is 5.75. The Bertz CT molecular complexity index is 455. The lowest BCUT2D eigenvalue weighted by Gasteiger charge is -2.15. The highest BCUT2D eigenvalue weighted by Gasteiger charge is 2.24. The molecule has 0 aliphatic rings. The van der Waals surface area contributed by atoms with Crippen LogP contribution >= 0.6 is 0 Å². The van der Waals surface area contributed by atoms with E-state index in [0.717, 1.165) is 7.11 Å². The summed E-state index contributed by atoms with van der Waals surface area (Å²) in [4.78, 5) is 11.2. The summed E-state index contributed by atoms with van der Waals surface area (Å²) < 4.78 is 61.2. The quantitative estimate of drug-likeness (QED) is 0.503. The van der Waals surface area contributed by atoms with Gasteiger partial charge < -0.3 is 14.8 Å². The first-order chi connectivity index (χ1) is 8.92. The molecule has 0 heterocycles. The Labute approximate surface area is 106 Å². The topological polar surface area (TPSA) is 47.6 Å². The molecule has 1 N–H and O–H groups in total. The number of halogens is 4. The van der Waals surface area contributed by atoms with Crippen LogP contribution in [0.2, 0.25) is 0 Å². The Balaban J connectivity index is 2.91. The van der Waals surface area contributed by atoms with E-state index in [1.54, 1.807) is 0 Å². The Morgan fingerprint density at radius 2 is 1.79 bits per heavy atom. The third-order valence-electron chi connectivity index (χ3n) is 2.30. The average molecular weight is 281 g/mol. The Hall–Kier alpha value is -1.83. The summed E-state index contributed by atoms with van der Waals surface area (Å²) in [6.07, 6.45) is 0. The number of methoxy groups -OCH3 is 1. The molecule has 0 saturated carbocycles. The van der Waals surface area contributed by atoms with Crippen molar-refractivity contribution in [2.45, 2.75) is 6.04 Å². The van der Waals surface area contributed by atoms with Crippen LogP contribution in [0.1, 0.15) is 0 Å². The zero-order valence-corrected chi connectivity index (χ0v) is 10.1. The number of hydrogen-bond donors (Lipinski definition) is 1. The van der Waals surface area contributed by atoms with E-state index in [2.05, 4.69) is 14.8 Å². The average Bonchev–Trinajstić information content (AvgIpc) is 2.40. The van der Waals surface area contributed by atoms with Gasteiger partial charge in [0.15, 0.2) is 17.4 Å².